The molecule has 0 radical (unpaired) electrons. The Bertz CT molecular complexity index is 581. The van der Waals surface area contributed by atoms with Crippen LogP contribution in [0.25, 0.3) is 0 Å². The summed E-state index contributed by atoms with van der Waals surface area (Å²) in [6.07, 6.45) is 0.875. The number of hydrogen-bond donors (Lipinski definition) is 1. The van der Waals surface area contributed by atoms with Crippen LogP contribution in [-0.2, 0) is 0 Å². The van der Waals surface area contributed by atoms with Gasteiger partial charge in [-0.2, -0.15) is 0 Å². The third-order valence-corrected chi connectivity index (χ3v) is 4.01. The van der Waals surface area contributed by atoms with Gasteiger partial charge >= 0.3 is 129 Å². The summed E-state index contributed by atoms with van der Waals surface area (Å²) in [5.74, 6) is 0.345. The average Bonchev–Trinajstić information content (AvgIpc) is 2.53. The Morgan fingerprint density at radius 3 is 2.82 bits per heavy atom. The molecular formula is C14H20BN3O4. The number of ether oxygens (including phenoxy) is 1. The van der Waals surface area contributed by atoms with E-state index in [2.05, 4.69) is 19.3 Å². The fourth-order valence-electron chi connectivity index (χ4n) is 2.79. The van der Waals surface area contributed by atoms with E-state index in [9.17, 15) is 15.2 Å². The van der Waals surface area contributed by atoms with Crippen molar-refractivity contribution in [1.29, 1.82) is 0 Å². The molecule has 7 nitrogen and oxygen atoms in total. The van der Waals surface area contributed by atoms with E-state index < -0.39 is 4.92 Å². The van der Waals surface area contributed by atoms with Crippen LogP contribution in [0, 0.1) is 10.1 Å². The number of hydrogen-bond acceptors (Lipinski definition) is 6. The summed E-state index contributed by atoms with van der Waals surface area (Å²) in [5, 5.41) is 20.6. The summed E-state index contributed by atoms with van der Waals surface area (Å²) in [6, 6.07) is 5.05. The fraction of sp³-hybridized carbons (Fsp3) is 0.500. The Hall–Kier alpha value is -2.25. The molecule has 1 saturated heterocycles. The third kappa shape index (κ3) is 3.15. The molecular weight excluding hydrogens is 285 g/mol. The van der Waals surface area contributed by atoms with Crippen LogP contribution in [0.4, 0.5) is 11.4 Å². The molecule has 1 fully saturated rings. The second-order valence-corrected chi connectivity index (χ2v) is 5.23. The molecule has 1 heterocycles. The van der Waals surface area contributed by atoms with Gasteiger partial charge in [0, 0.05) is 0 Å². The van der Waals surface area contributed by atoms with Gasteiger partial charge in [-0.1, -0.05) is 0 Å². The number of methoxy groups -OCH3 is 1. The van der Waals surface area contributed by atoms with Gasteiger partial charge in [0.25, 0.3) is 0 Å². The zero-order valence-corrected chi connectivity index (χ0v) is 12.9. The predicted molar refractivity (Wildman–Crippen MR) is 86.7 cm³/mol. The van der Waals surface area contributed by atoms with Crippen molar-refractivity contribution in [3.05, 3.63) is 28.3 Å². The summed E-state index contributed by atoms with van der Waals surface area (Å²) in [6.45, 7) is 4.14. The van der Waals surface area contributed by atoms with E-state index in [-0.39, 0.29) is 23.3 Å². The number of anilines is 1. The van der Waals surface area contributed by atoms with Gasteiger partial charge in [0.15, 0.2) is 0 Å². The number of aliphatic hydroxyl groups excluding tert-OH is 1. The third-order valence-electron chi connectivity index (χ3n) is 4.01. The molecule has 1 atom stereocenters. The second-order valence-electron chi connectivity index (χ2n) is 5.23. The maximum atomic E-state index is 11.0. The molecule has 0 saturated carbocycles. The van der Waals surface area contributed by atoms with Crippen molar-refractivity contribution in [1.82, 2.24) is 4.90 Å². The number of nitrogens with zero attached hydrogens (tertiary/aromatic N) is 3. The first kappa shape index (κ1) is 16.1. The minimum atomic E-state index is -0.453. The first-order valence-corrected chi connectivity index (χ1v) is 7.19. The second kappa shape index (κ2) is 6.68. The SMILES string of the molecule is B=C(O)N1CCN(c2ccc([N+](=O)[O-])c(OC)c2)C[C@@H]1CC. The zero-order chi connectivity index (χ0) is 16.3. The normalized spacial score (nSPS) is 18.1. The van der Waals surface area contributed by atoms with Crippen molar-refractivity contribution in [2.45, 2.75) is 19.4 Å². The predicted octanol–water partition coefficient (Wildman–Crippen LogP) is 0.865. The Morgan fingerprint density at radius 1 is 1.55 bits per heavy atom. The number of nitro groups is 1. The van der Waals surface area contributed by atoms with Crippen LogP contribution in [0.2, 0.25) is 0 Å². The number of piperazine rings is 1. The topological polar surface area (TPSA) is 79.1 Å². The van der Waals surface area contributed by atoms with Gasteiger partial charge in [-0.05, 0) is 0 Å². The van der Waals surface area contributed by atoms with Crippen molar-refractivity contribution in [3.63, 3.8) is 0 Å². The van der Waals surface area contributed by atoms with Crippen molar-refractivity contribution >= 4 is 24.6 Å². The van der Waals surface area contributed by atoms with Gasteiger partial charge < -0.3 is 0 Å². The summed E-state index contributed by atoms with van der Waals surface area (Å²) in [4.78, 5) is 14.5. The number of benzene rings is 1. The van der Waals surface area contributed by atoms with Crippen LogP contribution in [0.5, 0.6) is 5.75 Å². The summed E-state index contributed by atoms with van der Waals surface area (Å²) >= 11 is 0. The fourth-order valence-corrected chi connectivity index (χ4v) is 2.79. The molecule has 1 N–H and O–H groups in total. The first-order chi connectivity index (χ1) is 10.5. The first-order valence-electron chi connectivity index (χ1n) is 7.19. The van der Waals surface area contributed by atoms with Gasteiger partial charge in [-0.3, -0.25) is 0 Å². The van der Waals surface area contributed by atoms with Crippen LogP contribution >= 0.6 is 0 Å². The van der Waals surface area contributed by atoms with E-state index >= 15 is 0 Å². The van der Waals surface area contributed by atoms with E-state index in [4.69, 9.17) is 4.74 Å². The molecule has 118 valence electrons. The summed E-state index contributed by atoms with van der Waals surface area (Å²) < 4.78 is 5.12. The van der Waals surface area contributed by atoms with E-state index in [1.165, 1.54) is 13.2 Å². The zero-order valence-electron chi connectivity index (χ0n) is 12.9. The van der Waals surface area contributed by atoms with Crippen LogP contribution < -0.4 is 9.64 Å². The summed E-state index contributed by atoms with van der Waals surface area (Å²) in [5.41, 5.74) is 0.838. The standard InChI is InChI=1S/C14H20BN3O4/c1-3-10-9-16(6-7-17(10)14(15)19)11-4-5-12(18(20)21)13(8-11)22-2/h4-5,8,10,15,19H,3,6-7,9H2,1-2H3/t10-/m0/s1. The van der Waals surface area contributed by atoms with Crippen LogP contribution in [0.1, 0.15) is 13.3 Å². The van der Waals surface area contributed by atoms with Gasteiger partial charge in [0.1, 0.15) is 0 Å². The van der Waals surface area contributed by atoms with Crippen molar-refractivity contribution in [2.24, 2.45) is 0 Å². The Morgan fingerprint density at radius 2 is 2.27 bits per heavy atom. The molecule has 1 aliphatic rings. The van der Waals surface area contributed by atoms with E-state index in [1.54, 1.807) is 12.1 Å². The Kier molecular flexibility index (Phi) is 4.90. The van der Waals surface area contributed by atoms with Gasteiger partial charge in [0.2, 0.25) is 0 Å². The average molecular weight is 305 g/mol. The molecule has 0 aromatic heterocycles. The molecule has 8 heteroatoms. The van der Waals surface area contributed by atoms with E-state index in [0.29, 0.717) is 13.1 Å². The molecule has 1 aliphatic heterocycles. The van der Waals surface area contributed by atoms with E-state index in [1.807, 2.05) is 4.90 Å². The molecule has 0 unspecified atom stereocenters. The molecule has 22 heavy (non-hydrogen) atoms. The number of nitro benzene ring substituents is 1. The summed E-state index contributed by atoms with van der Waals surface area (Å²) in [7, 11) is 5.03. The monoisotopic (exact) mass is 305 g/mol. The van der Waals surface area contributed by atoms with Gasteiger partial charge in [-0.15, -0.1) is 0 Å². The van der Waals surface area contributed by atoms with Crippen LogP contribution in [-0.4, -0.2) is 61.0 Å². The molecule has 0 bridgehead atoms. The molecule has 1 aromatic rings. The maximum absolute atomic E-state index is 11.0. The van der Waals surface area contributed by atoms with Crippen molar-refractivity contribution in [2.75, 3.05) is 31.6 Å². The van der Waals surface area contributed by atoms with Gasteiger partial charge in [-0.25, -0.2) is 0 Å². The minimum absolute atomic E-state index is 0.0411. The Balaban J connectivity index is 2.22. The molecule has 0 aliphatic carbocycles. The molecule has 2 rings (SSSR count). The van der Waals surface area contributed by atoms with Crippen LogP contribution in [0.3, 0.4) is 0 Å². The molecule has 1 aromatic carbocycles. The van der Waals surface area contributed by atoms with Crippen molar-refractivity contribution in [3.8, 4) is 5.75 Å². The number of aliphatic hydroxyl groups is 1. The van der Waals surface area contributed by atoms with E-state index in [0.717, 1.165) is 18.7 Å². The van der Waals surface area contributed by atoms with Crippen LogP contribution in [0.15, 0.2) is 18.2 Å². The van der Waals surface area contributed by atoms with Crippen molar-refractivity contribution < 1.29 is 14.8 Å². The molecule has 0 spiro atoms. The number of rotatable bonds is 5. The quantitative estimate of drug-likeness (QED) is 0.494. The molecule has 0 amide bonds. The Labute approximate surface area is 130 Å². The van der Waals surface area contributed by atoms with Gasteiger partial charge in [0.05, 0.1) is 0 Å².